The minimum Gasteiger partial charge on any atom is -0.423 e. The SMILES string of the molecule is CCCCCC1CCC(C(C)c2ncc(-c3ccc(OC(=O)CC)c(F)c3)cn2)CC1. The minimum absolute atomic E-state index is 0.0490. The summed E-state index contributed by atoms with van der Waals surface area (Å²) in [6, 6.07) is 4.57. The molecule has 1 aliphatic rings. The number of nitrogens with zero attached hydrogens (tertiary/aromatic N) is 2. The molecular formula is C26H35FN2O2. The molecule has 31 heavy (non-hydrogen) atoms. The number of aromatic nitrogens is 2. The van der Waals surface area contributed by atoms with Gasteiger partial charge in [0.05, 0.1) is 0 Å². The highest BCUT2D eigenvalue weighted by atomic mass is 19.1. The normalized spacial score (nSPS) is 19.7. The molecule has 1 atom stereocenters. The molecule has 2 aromatic rings. The lowest BCUT2D eigenvalue weighted by Crippen LogP contribution is -2.20. The van der Waals surface area contributed by atoms with E-state index in [1.807, 2.05) is 0 Å². The second-order valence-electron chi connectivity index (χ2n) is 8.87. The van der Waals surface area contributed by atoms with Crippen LogP contribution in [0.3, 0.4) is 0 Å². The molecule has 0 aliphatic heterocycles. The quantitative estimate of drug-likeness (QED) is 0.244. The average Bonchev–Trinajstić information content (AvgIpc) is 2.80. The van der Waals surface area contributed by atoms with Gasteiger partial charge < -0.3 is 4.74 Å². The zero-order chi connectivity index (χ0) is 22.2. The van der Waals surface area contributed by atoms with Gasteiger partial charge >= 0.3 is 5.97 Å². The van der Waals surface area contributed by atoms with Crippen LogP contribution in [0.5, 0.6) is 5.75 Å². The summed E-state index contributed by atoms with van der Waals surface area (Å²) in [6.07, 6.45) is 14.3. The number of ether oxygens (including phenoxy) is 1. The fraction of sp³-hybridized carbons (Fsp3) is 0.577. The molecule has 1 saturated carbocycles. The van der Waals surface area contributed by atoms with Crippen molar-refractivity contribution in [3.63, 3.8) is 0 Å². The highest BCUT2D eigenvalue weighted by Gasteiger charge is 2.27. The van der Waals surface area contributed by atoms with Crippen LogP contribution in [0.1, 0.15) is 90.3 Å². The Morgan fingerprint density at radius 3 is 2.42 bits per heavy atom. The van der Waals surface area contributed by atoms with Gasteiger partial charge in [-0.3, -0.25) is 4.79 Å². The van der Waals surface area contributed by atoms with Gasteiger partial charge in [-0.15, -0.1) is 0 Å². The van der Waals surface area contributed by atoms with Gasteiger partial charge in [0.25, 0.3) is 0 Å². The summed E-state index contributed by atoms with van der Waals surface area (Å²) in [7, 11) is 0. The number of esters is 1. The van der Waals surface area contributed by atoms with E-state index in [0.29, 0.717) is 17.4 Å². The third-order valence-corrected chi connectivity index (χ3v) is 6.67. The van der Waals surface area contributed by atoms with Gasteiger partial charge in [0.15, 0.2) is 11.6 Å². The van der Waals surface area contributed by atoms with Crippen LogP contribution in [0.15, 0.2) is 30.6 Å². The lowest BCUT2D eigenvalue weighted by Gasteiger charge is -2.31. The Kier molecular flexibility index (Phi) is 8.56. The predicted molar refractivity (Wildman–Crippen MR) is 121 cm³/mol. The molecular weight excluding hydrogens is 391 g/mol. The summed E-state index contributed by atoms with van der Waals surface area (Å²) in [5.74, 6) is 1.67. The van der Waals surface area contributed by atoms with Crippen molar-refractivity contribution in [2.24, 2.45) is 11.8 Å². The van der Waals surface area contributed by atoms with Crippen LogP contribution in [0.4, 0.5) is 4.39 Å². The fourth-order valence-electron chi connectivity index (χ4n) is 4.55. The fourth-order valence-corrected chi connectivity index (χ4v) is 4.55. The van der Waals surface area contributed by atoms with E-state index in [0.717, 1.165) is 17.3 Å². The summed E-state index contributed by atoms with van der Waals surface area (Å²) < 4.78 is 19.3. The van der Waals surface area contributed by atoms with E-state index in [2.05, 4.69) is 23.8 Å². The molecule has 4 nitrogen and oxygen atoms in total. The molecule has 0 amide bonds. The topological polar surface area (TPSA) is 52.1 Å². The molecule has 3 rings (SSSR count). The van der Waals surface area contributed by atoms with Crippen molar-refractivity contribution >= 4 is 5.97 Å². The van der Waals surface area contributed by atoms with Crippen LogP contribution in [0, 0.1) is 17.7 Å². The number of carbonyl (C=O) groups is 1. The average molecular weight is 427 g/mol. The van der Waals surface area contributed by atoms with E-state index < -0.39 is 11.8 Å². The predicted octanol–water partition coefficient (Wildman–Crippen LogP) is 7.09. The van der Waals surface area contributed by atoms with Crippen LogP contribution in [0.25, 0.3) is 11.1 Å². The highest BCUT2D eigenvalue weighted by Crippen LogP contribution is 2.38. The molecule has 5 heteroatoms. The monoisotopic (exact) mass is 426 g/mol. The van der Waals surface area contributed by atoms with Crippen LogP contribution < -0.4 is 4.74 Å². The number of rotatable bonds is 9. The summed E-state index contributed by atoms with van der Waals surface area (Å²) in [5.41, 5.74) is 1.42. The van der Waals surface area contributed by atoms with Crippen LogP contribution in [0.2, 0.25) is 0 Å². The first-order chi connectivity index (χ1) is 15.0. The number of hydrogen-bond donors (Lipinski definition) is 0. The van der Waals surface area contributed by atoms with E-state index in [1.165, 1.54) is 63.5 Å². The van der Waals surface area contributed by atoms with Crippen molar-refractivity contribution < 1.29 is 13.9 Å². The number of carbonyl (C=O) groups excluding carboxylic acids is 1. The molecule has 1 aromatic heterocycles. The Bertz CT molecular complexity index is 845. The van der Waals surface area contributed by atoms with Gasteiger partial charge in [-0.1, -0.05) is 65.4 Å². The second kappa shape index (κ2) is 11.4. The molecule has 1 fully saturated rings. The first-order valence-electron chi connectivity index (χ1n) is 11.8. The van der Waals surface area contributed by atoms with Crippen molar-refractivity contribution in [1.29, 1.82) is 0 Å². The first-order valence-corrected chi connectivity index (χ1v) is 11.8. The zero-order valence-corrected chi connectivity index (χ0v) is 19.1. The van der Waals surface area contributed by atoms with Crippen LogP contribution in [-0.4, -0.2) is 15.9 Å². The van der Waals surface area contributed by atoms with Gasteiger partial charge in [0.1, 0.15) is 5.82 Å². The van der Waals surface area contributed by atoms with E-state index in [4.69, 9.17) is 4.74 Å². The van der Waals surface area contributed by atoms with Crippen molar-refractivity contribution in [2.45, 2.75) is 84.5 Å². The molecule has 1 heterocycles. The van der Waals surface area contributed by atoms with E-state index in [9.17, 15) is 9.18 Å². The smallest absolute Gasteiger partial charge is 0.310 e. The molecule has 0 bridgehead atoms. The van der Waals surface area contributed by atoms with Crippen molar-refractivity contribution in [1.82, 2.24) is 9.97 Å². The number of benzene rings is 1. The van der Waals surface area contributed by atoms with Crippen molar-refractivity contribution in [3.05, 3.63) is 42.2 Å². The summed E-state index contributed by atoms with van der Waals surface area (Å²) in [4.78, 5) is 20.6. The molecule has 1 aromatic carbocycles. The Hall–Kier alpha value is -2.30. The third kappa shape index (κ3) is 6.34. The third-order valence-electron chi connectivity index (χ3n) is 6.67. The van der Waals surface area contributed by atoms with Gasteiger partial charge in [0.2, 0.25) is 0 Å². The standard InChI is InChI=1S/C26H35FN2O2/c1-4-6-7-8-19-9-11-20(12-10-19)18(3)26-28-16-22(17-29-26)21-13-14-24(23(27)15-21)31-25(30)5-2/h13-20H,4-12H2,1-3H3. The largest absolute Gasteiger partial charge is 0.423 e. The molecule has 0 N–H and O–H groups in total. The first kappa shape index (κ1) is 23.4. The van der Waals surface area contributed by atoms with E-state index in [-0.39, 0.29) is 12.2 Å². The van der Waals surface area contributed by atoms with E-state index >= 15 is 0 Å². The van der Waals surface area contributed by atoms with Gasteiger partial charge in [-0.2, -0.15) is 0 Å². The Morgan fingerprint density at radius 1 is 1.10 bits per heavy atom. The molecule has 1 aliphatic carbocycles. The van der Waals surface area contributed by atoms with Crippen LogP contribution in [-0.2, 0) is 4.79 Å². The lowest BCUT2D eigenvalue weighted by atomic mass is 9.74. The number of hydrogen-bond acceptors (Lipinski definition) is 4. The second-order valence-corrected chi connectivity index (χ2v) is 8.87. The minimum atomic E-state index is -0.563. The Balaban J connectivity index is 1.59. The van der Waals surface area contributed by atoms with Gasteiger partial charge in [-0.05, 0) is 42.4 Å². The van der Waals surface area contributed by atoms with Gasteiger partial charge in [0, 0.05) is 30.3 Å². The van der Waals surface area contributed by atoms with Crippen molar-refractivity contribution in [3.8, 4) is 16.9 Å². The Labute approximate surface area is 185 Å². The van der Waals surface area contributed by atoms with Crippen LogP contribution >= 0.6 is 0 Å². The Morgan fingerprint density at radius 2 is 1.81 bits per heavy atom. The molecule has 0 radical (unpaired) electrons. The maximum atomic E-state index is 14.3. The van der Waals surface area contributed by atoms with Gasteiger partial charge in [-0.25, -0.2) is 14.4 Å². The molecule has 0 spiro atoms. The maximum Gasteiger partial charge on any atom is 0.310 e. The maximum absolute atomic E-state index is 14.3. The summed E-state index contributed by atoms with van der Waals surface area (Å²) in [5, 5.41) is 0. The summed E-state index contributed by atoms with van der Waals surface area (Å²) in [6.45, 7) is 6.17. The van der Waals surface area contributed by atoms with Crippen molar-refractivity contribution in [2.75, 3.05) is 0 Å². The highest BCUT2D eigenvalue weighted by molar-refractivity contribution is 5.72. The lowest BCUT2D eigenvalue weighted by molar-refractivity contribution is -0.134. The summed E-state index contributed by atoms with van der Waals surface area (Å²) >= 11 is 0. The number of halogens is 1. The van der Waals surface area contributed by atoms with E-state index in [1.54, 1.807) is 25.4 Å². The molecule has 1 unspecified atom stereocenters. The zero-order valence-electron chi connectivity index (χ0n) is 19.1. The molecule has 168 valence electrons. The molecule has 0 saturated heterocycles. The number of unbranched alkanes of at least 4 members (excludes halogenated alkanes) is 2.